The van der Waals surface area contributed by atoms with E-state index in [1.165, 1.54) is 6.92 Å². The van der Waals surface area contributed by atoms with Crippen molar-refractivity contribution in [1.29, 1.82) is 0 Å². The molecule has 110 valence electrons. The highest BCUT2D eigenvalue weighted by molar-refractivity contribution is 5.97. The molecule has 0 aliphatic rings. The van der Waals surface area contributed by atoms with Crippen molar-refractivity contribution in [2.45, 2.75) is 13.1 Å². The largest absolute Gasteiger partial charge is 0.480 e. The van der Waals surface area contributed by atoms with Crippen LogP contribution in [0.5, 0.6) is 0 Å². The molecule has 0 radical (unpaired) electrons. The SMILES string of the molecule is CCN(CC(=O)O)C(=O)c1ccc(F)cc1C(F)(F)F. The van der Waals surface area contributed by atoms with Crippen molar-refractivity contribution in [2.24, 2.45) is 0 Å². The number of amides is 1. The third kappa shape index (κ3) is 3.69. The Morgan fingerprint density at radius 3 is 2.35 bits per heavy atom. The Hall–Kier alpha value is -2.12. The van der Waals surface area contributed by atoms with Gasteiger partial charge in [-0.3, -0.25) is 9.59 Å². The molecule has 0 unspecified atom stereocenters. The minimum Gasteiger partial charge on any atom is -0.480 e. The lowest BCUT2D eigenvalue weighted by Gasteiger charge is -2.21. The summed E-state index contributed by atoms with van der Waals surface area (Å²) in [6.45, 7) is 0.613. The lowest BCUT2D eigenvalue weighted by atomic mass is 10.1. The van der Waals surface area contributed by atoms with Crippen LogP contribution in [0.3, 0.4) is 0 Å². The quantitative estimate of drug-likeness (QED) is 0.867. The average Bonchev–Trinajstić information content (AvgIpc) is 2.33. The molecule has 20 heavy (non-hydrogen) atoms. The van der Waals surface area contributed by atoms with E-state index in [4.69, 9.17) is 5.11 Å². The summed E-state index contributed by atoms with van der Waals surface area (Å²) >= 11 is 0. The smallest absolute Gasteiger partial charge is 0.417 e. The average molecular weight is 293 g/mol. The fourth-order valence-corrected chi connectivity index (χ4v) is 1.60. The standard InChI is InChI=1S/C12H11F4NO3/c1-2-17(6-10(18)19)11(20)8-4-3-7(13)5-9(8)12(14,15)16/h3-5H,2,6H2,1H3,(H,18,19). The Morgan fingerprint density at radius 1 is 1.30 bits per heavy atom. The van der Waals surface area contributed by atoms with Gasteiger partial charge in [0.25, 0.3) is 5.91 Å². The number of nitrogens with zero attached hydrogens (tertiary/aromatic N) is 1. The molecular weight excluding hydrogens is 282 g/mol. The maximum absolute atomic E-state index is 12.9. The van der Waals surface area contributed by atoms with Crippen molar-refractivity contribution in [1.82, 2.24) is 4.90 Å². The number of carbonyl (C=O) groups excluding carboxylic acids is 1. The number of aliphatic carboxylic acids is 1. The van der Waals surface area contributed by atoms with Gasteiger partial charge in [-0.1, -0.05) is 0 Å². The predicted octanol–water partition coefficient (Wildman–Crippen LogP) is 2.39. The van der Waals surface area contributed by atoms with E-state index in [0.717, 1.165) is 11.0 Å². The van der Waals surface area contributed by atoms with Crippen LogP contribution in [-0.2, 0) is 11.0 Å². The third-order valence-electron chi connectivity index (χ3n) is 2.51. The van der Waals surface area contributed by atoms with Crippen LogP contribution in [0.15, 0.2) is 18.2 Å². The zero-order valence-electron chi connectivity index (χ0n) is 10.4. The van der Waals surface area contributed by atoms with Crippen LogP contribution in [-0.4, -0.2) is 35.0 Å². The molecule has 1 amide bonds. The molecule has 0 fully saturated rings. The lowest BCUT2D eigenvalue weighted by Crippen LogP contribution is -2.36. The van der Waals surface area contributed by atoms with Gasteiger partial charge < -0.3 is 10.0 Å². The van der Waals surface area contributed by atoms with Gasteiger partial charge in [0.05, 0.1) is 11.1 Å². The summed E-state index contributed by atoms with van der Waals surface area (Å²) in [5.41, 5.74) is -2.20. The number of halogens is 4. The molecule has 0 saturated heterocycles. The van der Waals surface area contributed by atoms with E-state index in [1.54, 1.807) is 0 Å². The summed E-state index contributed by atoms with van der Waals surface area (Å²) in [5, 5.41) is 8.61. The highest BCUT2D eigenvalue weighted by Gasteiger charge is 2.36. The van der Waals surface area contributed by atoms with Crippen molar-refractivity contribution in [3.8, 4) is 0 Å². The first kappa shape index (κ1) is 15.9. The molecule has 1 N–H and O–H groups in total. The van der Waals surface area contributed by atoms with Crippen molar-refractivity contribution in [2.75, 3.05) is 13.1 Å². The van der Waals surface area contributed by atoms with E-state index in [9.17, 15) is 27.2 Å². The summed E-state index contributed by atoms with van der Waals surface area (Å²) in [6, 6.07) is 1.63. The fourth-order valence-electron chi connectivity index (χ4n) is 1.60. The number of hydrogen-bond donors (Lipinski definition) is 1. The molecule has 1 aromatic rings. The minimum absolute atomic E-state index is 0.0835. The van der Waals surface area contributed by atoms with Crippen LogP contribution in [0.2, 0.25) is 0 Å². The van der Waals surface area contributed by atoms with Crippen molar-refractivity contribution < 1.29 is 32.3 Å². The third-order valence-corrected chi connectivity index (χ3v) is 2.51. The van der Waals surface area contributed by atoms with Gasteiger partial charge in [-0.25, -0.2) is 4.39 Å². The second kappa shape index (κ2) is 5.89. The molecule has 0 bridgehead atoms. The highest BCUT2D eigenvalue weighted by atomic mass is 19.4. The van der Waals surface area contributed by atoms with Gasteiger partial charge in [-0.2, -0.15) is 13.2 Å². The van der Waals surface area contributed by atoms with Crippen molar-refractivity contribution >= 4 is 11.9 Å². The summed E-state index contributed by atoms with van der Waals surface area (Å²) in [4.78, 5) is 23.2. The monoisotopic (exact) mass is 293 g/mol. The zero-order valence-corrected chi connectivity index (χ0v) is 10.4. The molecule has 1 rings (SSSR count). The first-order chi connectivity index (χ1) is 9.16. The number of rotatable bonds is 4. The Balaban J connectivity index is 3.24. The second-order valence-electron chi connectivity index (χ2n) is 3.90. The summed E-state index contributed by atoms with van der Waals surface area (Å²) in [6.07, 6.45) is -4.91. The van der Waals surface area contributed by atoms with E-state index >= 15 is 0 Å². The van der Waals surface area contributed by atoms with Crippen LogP contribution >= 0.6 is 0 Å². The molecule has 8 heteroatoms. The number of carboxylic acids is 1. The number of hydrogen-bond acceptors (Lipinski definition) is 2. The number of benzene rings is 1. The fraction of sp³-hybridized carbons (Fsp3) is 0.333. The number of carbonyl (C=O) groups is 2. The van der Waals surface area contributed by atoms with E-state index in [-0.39, 0.29) is 12.6 Å². The summed E-state index contributed by atoms with van der Waals surface area (Å²) in [5.74, 6) is -3.59. The molecule has 0 saturated carbocycles. The predicted molar refractivity (Wildman–Crippen MR) is 60.6 cm³/mol. The molecule has 4 nitrogen and oxygen atoms in total. The van der Waals surface area contributed by atoms with Crippen molar-refractivity contribution in [3.63, 3.8) is 0 Å². The van der Waals surface area contributed by atoms with Crippen LogP contribution in [0.25, 0.3) is 0 Å². The Bertz CT molecular complexity index is 528. The topological polar surface area (TPSA) is 57.6 Å². The van der Waals surface area contributed by atoms with Gasteiger partial charge in [0.2, 0.25) is 0 Å². The maximum Gasteiger partial charge on any atom is 0.417 e. The van der Waals surface area contributed by atoms with Crippen LogP contribution in [0, 0.1) is 5.82 Å². The second-order valence-corrected chi connectivity index (χ2v) is 3.90. The first-order valence-electron chi connectivity index (χ1n) is 5.54. The van der Waals surface area contributed by atoms with Gasteiger partial charge in [-0.15, -0.1) is 0 Å². The molecule has 0 heterocycles. The number of likely N-dealkylation sites (N-methyl/N-ethyl adjacent to an activating group) is 1. The minimum atomic E-state index is -4.91. The maximum atomic E-state index is 12.9. The van der Waals surface area contributed by atoms with Crippen molar-refractivity contribution in [3.05, 3.63) is 35.1 Å². The summed E-state index contributed by atoms with van der Waals surface area (Å²) < 4.78 is 51.2. The Morgan fingerprint density at radius 2 is 1.90 bits per heavy atom. The van der Waals surface area contributed by atoms with E-state index in [2.05, 4.69) is 0 Å². The molecule has 0 aromatic heterocycles. The van der Waals surface area contributed by atoms with E-state index in [1.807, 2.05) is 0 Å². The molecule has 0 atom stereocenters. The van der Waals surface area contributed by atoms with Gasteiger partial charge in [-0.05, 0) is 25.1 Å². The van der Waals surface area contributed by atoms with E-state index in [0.29, 0.717) is 6.07 Å². The zero-order chi connectivity index (χ0) is 15.5. The van der Waals surface area contributed by atoms with Crippen LogP contribution in [0.1, 0.15) is 22.8 Å². The first-order valence-corrected chi connectivity index (χ1v) is 5.54. The van der Waals surface area contributed by atoms with Gasteiger partial charge >= 0.3 is 12.1 Å². The lowest BCUT2D eigenvalue weighted by molar-refractivity contribution is -0.138. The molecular formula is C12H11F4NO3. The molecule has 0 aliphatic carbocycles. The molecule has 0 spiro atoms. The van der Waals surface area contributed by atoms with Gasteiger partial charge in [0.15, 0.2) is 0 Å². The Kier molecular flexibility index (Phi) is 4.69. The van der Waals surface area contributed by atoms with Crippen LogP contribution in [0.4, 0.5) is 17.6 Å². The van der Waals surface area contributed by atoms with E-state index < -0.39 is 41.5 Å². The highest BCUT2D eigenvalue weighted by Crippen LogP contribution is 2.33. The van der Waals surface area contributed by atoms with Gasteiger partial charge in [0, 0.05) is 6.54 Å². The number of carboxylic acid groups (broad SMARTS) is 1. The number of alkyl halides is 3. The molecule has 0 aliphatic heterocycles. The normalized spacial score (nSPS) is 11.2. The van der Waals surface area contributed by atoms with Crippen LogP contribution < -0.4 is 0 Å². The Labute approximate surface area is 111 Å². The molecule has 1 aromatic carbocycles. The summed E-state index contributed by atoms with van der Waals surface area (Å²) in [7, 11) is 0. The van der Waals surface area contributed by atoms with Gasteiger partial charge in [0.1, 0.15) is 12.4 Å².